The highest BCUT2D eigenvalue weighted by atomic mass is 35.5. The van der Waals surface area contributed by atoms with Gasteiger partial charge in [0.25, 0.3) is 0 Å². The van der Waals surface area contributed by atoms with Crippen LogP contribution >= 0.6 is 11.6 Å². The maximum absolute atomic E-state index is 13.7. The summed E-state index contributed by atoms with van der Waals surface area (Å²) in [6.45, 7) is -0.0126. The van der Waals surface area contributed by atoms with Gasteiger partial charge in [-0.2, -0.15) is 13.2 Å². The molecule has 1 saturated carbocycles. The van der Waals surface area contributed by atoms with E-state index in [1.54, 1.807) is 24.3 Å². The predicted octanol–water partition coefficient (Wildman–Crippen LogP) is 5.83. The zero-order valence-corrected chi connectivity index (χ0v) is 17.5. The Balaban J connectivity index is 1.47. The summed E-state index contributed by atoms with van der Waals surface area (Å²) in [7, 11) is 0. The molecule has 0 bridgehead atoms. The number of ether oxygens (including phenoxy) is 2. The van der Waals surface area contributed by atoms with Crippen LogP contribution in [0.3, 0.4) is 0 Å². The maximum Gasteiger partial charge on any atom is 0.419 e. The molecular formula is C23H19ClF3NO4. The molecule has 1 aliphatic rings. The number of carbonyl (C=O) groups is 1. The van der Waals surface area contributed by atoms with E-state index in [0.717, 1.165) is 11.5 Å². The summed E-state index contributed by atoms with van der Waals surface area (Å²) in [4.78, 5) is 15.2. The normalized spacial score (nSPS) is 18.4. The van der Waals surface area contributed by atoms with Crippen LogP contribution in [0.15, 0.2) is 48.5 Å². The van der Waals surface area contributed by atoms with Gasteiger partial charge in [0.15, 0.2) is 0 Å². The molecule has 1 aromatic heterocycles. The fourth-order valence-electron chi connectivity index (χ4n) is 3.58. The van der Waals surface area contributed by atoms with E-state index in [2.05, 4.69) is 4.98 Å². The number of halogens is 4. The van der Waals surface area contributed by atoms with Gasteiger partial charge in [0.2, 0.25) is 0 Å². The summed E-state index contributed by atoms with van der Waals surface area (Å²) < 4.78 is 51.8. The first kappa shape index (κ1) is 22.4. The molecule has 9 heteroatoms. The quantitative estimate of drug-likeness (QED) is 0.444. The van der Waals surface area contributed by atoms with Crippen molar-refractivity contribution in [3.63, 3.8) is 0 Å². The van der Waals surface area contributed by atoms with Crippen molar-refractivity contribution in [3.8, 4) is 17.0 Å². The smallest absolute Gasteiger partial charge is 0.419 e. The number of hydrogen-bond donors (Lipinski definition) is 1. The number of nitrogens with zero attached hydrogens (tertiary/aromatic N) is 1. The average molecular weight is 466 g/mol. The first-order valence-corrected chi connectivity index (χ1v) is 10.3. The number of carboxylic acid groups (broad SMARTS) is 1. The number of rotatable bonds is 7. The molecule has 32 heavy (non-hydrogen) atoms. The van der Waals surface area contributed by atoms with E-state index >= 15 is 0 Å². The van der Waals surface area contributed by atoms with E-state index < -0.39 is 23.6 Å². The van der Waals surface area contributed by atoms with Crippen LogP contribution in [0.4, 0.5) is 13.2 Å². The molecule has 0 unspecified atom stereocenters. The molecule has 168 valence electrons. The highest BCUT2D eigenvalue weighted by Gasteiger charge is 2.36. The van der Waals surface area contributed by atoms with E-state index in [-0.39, 0.29) is 30.6 Å². The highest BCUT2D eigenvalue weighted by molar-refractivity contribution is 6.35. The average Bonchev–Trinajstić information content (AvgIpc) is 2.71. The van der Waals surface area contributed by atoms with Crippen LogP contribution in [0, 0.1) is 5.92 Å². The molecule has 0 radical (unpaired) electrons. The van der Waals surface area contributed by atoms with Crippen LogP contribution in [0.1, 0.15) is 18.4 Å². The monoisotopic (exact) mass is 465 g/mol. The van der Waals surface area contributed by atoms with Crippen LogP contribution in [0.25, 0.3) is 22.2 Å². The van der Waals surface area contributed by atoms with Gasteiger partial charge >= 0.3 is 12.1 Å². The summed E-state index contributed by atoms with van der Waals surface area (Å²) in [5.74, 6) is -1.58. The van der Waals surface area contributed by atoms with Crippen molar-refractivity contribution in [2.24, 2.45) is 5.92 Å². The Labute approximate surface area is 186 Å². The third-order valence-corrected chi connectivity index (χ3v) is 5.70. The van der Waals surface area contributed by atoms with Crippen molar-refractivity contribution in [3.05, 3.63) is 59.1 Å². The Morgan fingerprint density at radius 2 is 1.91 bits per heavy atom. The Hall–Kier alpha value is -2.84. The van der Waals surface area contributed by atoms with Crippen molar-refractivity contribution in [2.75, 3.05) is 13.2 Å². The van der Waals surface area contributed by atoms with E-state index in [1.807, 2.05) is 6.07 Å². The van der Waals surface area contributed by atoms with Crippen molar-refractivity contribution in [1.82, 2.24) is 4.98 Å². The topological polar surface area (TPSA) is 68.7 Å². The number of para-hydroxylation sites is 1. The van der Waals surface area contributed by atoms with Crippen molar-refractivity contribution in [1.29, 1.82) is 0 Å². The van der Waals surface area contributed by atoms with Gasteiger partial charge in [-0.1, -0.05) is 29.8 Å². The first-order chi connectivity index (χ1) is 15.2. The van der Waals surface area contributed by atoms with Gasteiger partial charge in [-0.05, 0) is 43.2 Å². The number of pyridine rings is 1. The molecule has 1 N–H and O–H groups in total. The second-order valence-electron chi connectivity index (χ2n) is 7.56. The van der Waals surface area contributed by atoms with Crippen LogP contribution < -0.4 is 4.74 Å². The van der Waals surface area contributed by atoms with Crippen molar-refractivity contribution >= 4 is 28.5 Å². The Morgan fingerprint density at radius 1 is 1.12 bits per heavy atom. The van der Waals surface area contributed by atoms with Gasteiger partial charge in [-0.3, -0.25) is 4.79 Å². The van der Waals surface area contributed by atoms with Crippen LogP contribution in [-0.4, -0.2) is 35.4 Å². The molecule has 0 amide bonds. The first-order valence-electron chi connectivity index (χ1n) is 9.96. The summed E-state index contributed by atoms with van der Waals surface area (Å²) in [6, 6.07) is 12.5. The highest BCUT2D eigenvalue weighted by Crippen LogP contribution is 2.39. The Morgan fingerprint density at radius 3 is 2.62 bits per heavy atom. The lowest BCUT2D eigenvalue weighted by Gasteiger charge is -2.32. The number of aliphatic carboxylic acids is 1. The number of hydrogen-bond acceptors (Lipinski definition) is 4. The predicted molar refractivity (Wildman–Crippen MR) is 113 cm³/mol. The number of aromatic nitrogens is 1. The molecule has 0 atom stereocenters. The standard InChI is InChI=1S/C23H19ClF3NO4/c24-18-3-1-2-13-4-6-19(28-21(13)18)14-5-7-20(17(12-14)23(25,26)27)32-9-8-31-16-10-15(11-16)22(29)30/h1-7,12,15-16H,8-11H2,(H,29,30)/t15-,16+. The van der Waals surface area contributed by atoms with Crippen LogP contribution in [0.5, 0.6) is 5.75 Å². The minimum atomic E-state index is -4.62. The molecule has 0 aliphatic heterocycles. The number of alkyl halides is 3. The van der Waals surface area contributed by atoms with Gasteiger partial charge in [-0.25, -0.2) is 4.98 Å². The summed E-state index contributed by atoms with van der Waals surface area (Å²) in [6.07, 6.45) is -4.01. The minimum absolute atomic E-state index is 0.0702. The molecule has 1 heterocycles. The minimum Gasteiger partial charge on any atom is -0.491 e. The SMILES string of the molecule is O=C(O)[C@H]1C[C@@H](OCCOc2ccc(-c3ccc4cccc(Cl)c4n3)cc2C(F)(F)F)C1. The van der Waals surface area contributed by atoms with Crippen LogP contribution in [-0.2, 0) is 15.7 Å². The Bertz CT molecular complexity index is 1150. The fraction of sp³-hybridized carbons (Fsp3) is 0.304. The van der Waals surface area contributed by atoms with Gasteiger partial charge < -0.3 is 14.6 Å². The van der Waals surface area contributed by atoms with E-state index in [4.69, 9.17) is 26.2 Å². The second kappa shape index (κ2) is 8.96. The lowest BCUT2D eigenvalue weighted by atomic mass is 9.82. The molecule has 3 aromatic rings. The summed E-state index contributed by atoms with van der Waals surface area (Å²) in [5, 5.41) is 10.1. The second-order valence-corrected chi connectivity index (χ2v) is 7.97. The van der Waals surface area contributed by atoms with Crippen LogP contribution in [0.2, 0.25) is 5.02 Å². The number of fused-ring (bicyclic) bond motifs is 1. The summed E-state index contributed by atoms with van der Waals surface area (Å²) >= 11 is 6.17. The molecule has 0 spiro atoms. The number of benzene rings is 2. The molecular weight excluding hydrogens is 447 g/mol. The van der Waals surface area contributed by atoms with E-state index in [1.165, 1.54) is 12.1 Å². The third-order valence-electron chi connectivity index (χ3n) is 5.39. The lowest BCUT2D eigenvalue weighted by molar-refractivity contribution is -0.151. The largest absolute Gasteiger partial charge is 0.491 e. The molecule has 0 saturated heterocycles. The maximum atomic E-state index is 13.7. The number of carboxylic acids is 1. The molecule has 1 fully saturated rings. The molecule has 5 nitrogen and oxygen atoms in total. The zero-order chi connectivity index (χ0) is 22.9. The van der Waals surface area contributed by atoms with E-state index in [9.17, 15) is 18.0 Å². The van der Waals surface area contributed by atoms with E-state index in [0.29, 0.717) is 29.1 Å². The zero-order valence-electron chi connectivity index (χ0n) is 16.7. The molecule has 2 aromatic carbocycles. The lowest BCUT2D eigenvalue weighted by Crippen LogP contribution is -2.37. The Kier molecular flexibility index (Phi) is 6.26. The fourth-order valence-corrected chi connectivity index (χ4v) is 3.80. The van der Waals surface area contributed by atoms with Gasteiger partial charge in [0.1, 0.15) is 12.4 Å². The molecule has 4 rings (SSSR count). The molecule has 1 aliphatic carbocycles. The van der Waals surface area contributed by atoms with Gasteiger partial charge in [0.05, 0.1) is 40.4 Å². The van der Waals surface area contributed by atoms with Gasteiger partial charge in [-0.15, -0.1) is 0 Å². The summed E-state index contributed by atoms with van der Waals surface area (Å²) in [5.41, 5.74) is 0.255. The van der Waals surface area contributed by atoms with Gasteiger partial charge in [0, 0.05) is 10.9 Å². The van der Waals surface area contributed by atoms with Crippen molar-refractivity contribution in [2.45, 2.75) is 25.1 Å². The third kappa shape index (κ3) is 4.81. The van der Waals surface area contributed by atoms with Crippen molar-refractivity contribution < 1.29 is 32.5 Å².